The number of likely N-dealkylation sites (tertiary alicyclic amines) is 1. The summed E-state index contributed by atoms with van der Waals surface area (Å²) in [7, 11) is 0. The average molecular weight is 240 g/mol. The van der Waals surface area contributed by atoms with Gasteiger partial charge in [0, 0.05) is 25.0 Å². The van der Waals surface area contributed by atoms with Crippen LogP contribution >= 0.6 is 0 Å². The summed E-state index contributed by atoms with van der Waals surface area (Å²) in [5.41, 5.74) is 1.46. The molecular weight excluding hydrogens is 220 g/mol. The molecule has 0 saturated carbocycles. The van der Waals surface area contributed by atoms with Crippen molar-refractivity contribution in [2.45, 2.75) is 32.0 Å². The van der Waals surface area contributed by atoms with E-state index in [4.69, 9.17) is 0 Å². The lowest BCUT2D eigenvalue weighted by atomic mass is 9.96. The molecule has 3 rings (SSSR count). The maximum atomic E-state index is 2.60. The second-order valence-electron chi connectivity index (χ2n) is 5.07. The standard InChI is InChI=1S/C16H20N2/c1-2-8-15(9-3-1)16-10-4-5-13-18(16)14-17-11-6-7-12-17/h1-3,6-9,11-12,16H,4-5,10,13-14H2. The quantitative estimate of drug-likeness (QED) is 0.794. The zero-order valence-corrected chi connectivity index (χ0v) is 10.7. The summed E-state index contributed by atoms with van der Waals surface area (Å²) < 4.78 is 2.27. The second kappa shape index (κ2) is 5.40. The summed E-state index contributed by atoms with van der Waals surface area (Å²) >= 11 is 0. The zero-order chi connectivity index (χ0) is 12.2. The van der Waals surface area contributed by atoms with Crippen LogP contribution in [0.3, 0.4) is 0 Å². The van der Waals surface area contributed by atoms with Crippen LogP contribution in [0.2, 0.25) is 0 Å². The van der Waals surface area contributed by atoms with Gasteiger partial charge in [-0.25, -0.2) is 0 Å². The van der Waals surface area contributed by atoms with E-state index < -0.39 is 0 Å². The number of hydrogen-bond donors (Lipinski definition) is 0. The molecule has 1 fully saturated rings. The zero-order valence-electron chi connectivity index (χ0n) is 10.7. The fourth-order valence-corrected chi connectivity index (χ4v) is 2.89. The average Bonchev–Trinajstić information content (AvgIpc) is 2.93. The summed E-state index contributed by atoms with van der Waals surface area (Å²) in [5, 5.41) is 0. The predicted octanol–water partition coefficient (Wildman–Crippen LogP) is 3.67. The fourth-order valence-electron chi connectivity index (χ4n) is 2.89. The highest BCUT2D eigenvalue weighted by molar-refractivity contribution is 5.19. The van der Waals surface area contributed by atoms with Crippen molar-refractivity contribution in [1.29, 1.82) is 0 Å². The highest BCUT2D eigenvalue weighted by atomic mass is 15.3. The molecule has 1 saturated heterocycles. The Morgan fingerprint density at radius 1 is 0.944 bits per heavy atom. The molecule has 94 valence electrons. The first-order valence-corrected chi connectivity index (χ1v) is 6.83. The van der Waals surface area contributed by atoms with Crippen molar-refractivity contribution in [1.82, 2.24) is 9.47 Å². The van der Waals surface area contributed by atoms with E-state index in [1.54, 1.807) is 0 Å². The molecule has 2 aromatic rings. The van der Waals surface area contributed by atoms with Gasteiger partial charge in [-0.1, -0.05) is 36.8 Å². The lowest BCUT2D eigenvalue weighted by molar-refractivity contribution is 0.111. The molecule has 1 aromatic carbocycles. The van der Waals surface area contributed by atoms with Gasteiger partial charge < -0.3 is 4.57 Å². The van der Waals surface area contributed by atoms with Gasteiger partial charge in [0.1, 0.15) is 0 Å². The Hall–Kier alpha value is -1.54. The topological polar surface area (TPSA) is 8.17 Å². The first-order chi connectivity index (χ1) is 8.93. The van der Waals surface area contributed by atoms with Crippen LogP contribution in [0.1, 0.15) is 30.9 Å². The summed E-state index contributed by atoms with van der Waals surface area (Å²) in [5.74, 6) is 0. The van der Waals surface area contributed by atoms with E-state index in [0.717, 1.165) is 6.67 Å². The Morgan fingerprint density at radius 2 is 1.72 bits per heavy atom. The van der Waals surface area contributed by atoms with Gasteiger partial charge in [0.2, 0.25) is 0 Å². The molecule has 18 heavy (non-hydrogen) atoms. The summed E-state index contributed by atoms with van der Waals surface area (Å²) in [6.07, 6.45) is 8.25. The van der Waals surface area contributed by atoms with Crippen molar-refractivity contribution in [3.05, 3.63) is 60.4 Å². The van der Waals surface area contributed by atoms with Crippen LogP contribution in [-0.4, -0.2) is 16.0 Å². The third kappa shape index (κ3) is 2.49. The number of piperidine rings is 1. The first kappa shape index (κ1) is 11.5. The van der Waals surface area contributed by atoms with Crippen LogP contribution in [-0.2, 0) is 6.67 Å². The smallest absolute Gasteiger partial charge is 0.0749 e. The molecule has 0 amide bonds. The number of hydrogen-bond acceptors (Lipinski definition) is 1. The summed E-state index contributed by atoms with van der Waals surface area (Å²) in [6, 6.07) is 15.7. The lowest BCUT2D eigenvalue weighted by Crippen LogP contribution is -2.34. The van der Waals surface area contributed by atoms with Gasteiger partial charge in [0.05, 0.1) is 6.67 Å². The third-order valence-corrected chi connectivity index (χ3v) is 3.81. The molecule has 0 bridgehead atoms. The van der Waals surface area contributed by atoms with Gasteiger partial charge in [0.15, 0.2) is 0 Å². The van der Waals surface area contributed by atoms with Crippen LogP contribution in [0.4, 0.5) is 0 Å². The number of nitrogens with zero attached hydrogens (tertiary/aromatic N) is 2. The minimum absolute atomic E-state index is 0.586. The third-order valence-electron chi connectivity index (χ3n) is 3.81. The Morgan fingerprint density at radius 3 is 2.50 bits per heavy atom. The van der Waals surface area contributed by atoms with Crippen molar-refractivity contribution >= 4 is 0 Å². The Bertz CT molecular complexity index is 461. The van der Waals surface area contributed by atoms with Crippen LogP contribution in [0, 0.1) is 0 Å². The van der Waals surface area contributed by atoms with E-state index in [2.05, 4.69) is 64.3 Å². The molecule has 0 radical (unpaired) electrons. The number of benzene rings is 1. The van der Waals surface area contributed by atoms with Gasteiger partial charge in [-0.3, -0.25) is 4.90 Å². The van der Waals surface area contributed by atoms with Gasteiger partial charge >= 0.3 is 0 Å². The molecule has 2 nitrogen and oxygen atoms in total. The first-order valence-electron chi connectivity index (χ1n) is 6.83. The van der Waals surface area contributed by atoms with Gasteiger partial charge in [-0.2, -0.15) is 0 Å². The largest absolute Gasteiger partial charge is 0.341 e. The summed E-state index contributed by atoms with van der Waals surface area (Å²) in [4.78, 5) is 2.60. The maximum Gasteiger partial charge on any atom is 0.0749 e. The molecule has 2 heteroatoms. The van der Waals surface area contributed by atoms with E-state index in [9.17, 15) is 0 Å². The monoisotopic (exact) mass is 240 g/mol. The Labute approximate surface area is 109 Å². The molecular formula is C16H20N2. The van der Waals surface area contributed by atoms with Gasteiger partial charge in [-0.05, 0) is 30.5 Å². The highest BCUT2D eigenvalue weighted by Gasteiger charge is 2.23. The van der Waals surface area contributed by atoms with Gasteiger partial charge in [-0.15, -0.1) is 0 Å². The molecule has 1 unspecified atom stereocenters. The van der Waals surface area contributed by atoms with E-state index >= 15 is 0 Å². The lowest BCUT2D eigenvalue weighted by Gasteiger charge is -2.36. The van der Waals surface area contributed by atoms with Crippen molar-refractivity contribution in [3.63, 3.8) is 0 Å². The van der Waals surface area contributed by atoms with E-state index in [1.807, 2.05) is 0 Å². The second-order valence-corrected chi connectivity index (χ2v) is 5.07. The predicted molar refractivity (Wildman–Crippen MR) is 74.2 cm³/mol. The molecule has 2 heterocycles. The van der Waals surface area contributed by atoms with Crippen LogP contribution in [0.25, 0.3) is 0 Å². The van der Waals surface area contributed by atoms with Crippen LogP contribution in [0.5, 0.6) is 0 Å². The van der Waals surface area contributed by atoms with E-state index in [-0.39, 0.29) is 0 Å². The highest BCUT2D eigenvalue weighted by Crippen LogP contribution is 2.30. The molecule has 1 aliphatic heterocycles. The molecule has 1 aliphatic rings. The number of aromatic nitrogens is 1. The minimum atomic E-state index is 0.586. The van der Waals surface area contributed by atoms with E-state index in [1.165, 1.54) is 31.4 Å². The van der Waals surface area contributed by atoms with Crippen molar-refractivity contribution < 1.29 is 0 Å². The van der Waals surface area contributed by atoms with Crippen molar-refractivity contribution in [2.24, 2.45) is 0 Å². The molecule has 1 atom stereocenters. The SMILES string of the molecule is c1ccc(C2CCCCN2Cn2cccc2)cc1. The Kier molecular flexibility index (Phi) is 3.47. The van der Waals surface area contributed by atoms with Crippen LogP contribution < -0.4 is 0 Å². The molecule has 0 aliphatic carbocycles. The van der Waals surface area contributed by atoms with Crippen molar-refractivity contribution in [2.75, 3.05) is 6.54 Å². The number of rotatable bonds is 3. The molecule has 1 aromatic heterocycles. The van der Waals surface area contributed by atoms with Crippen LogP contribution in [0.15, 0.2) is 54.9 Å². The molecule has 0 N–H and O–H groups in total. The minimum Gasteiger partial charge on any atom is -0.341 e. The maximum absolute atomic E-state index is 2.60. The summed E-state index contributed by atoms with van der Waals surface area (Å²) in [6.45, 7) is 2.21. The van der Waals surface area contributed by atoms with Gasteiger partial charge in [0.25, 0.3) is 0 Å². The Balaban J connectivity index is 1.78. The van der Waals surface area contributed by atoms with Crippen molar-refractivity contribution in [3.8, 4) is 0 Å². The normalized spacial score (nSPS) is 21.0. The fraction of sp³-hybridized carbons (Fsp3) is 0.375. The van der Waals surface area contributed by atoms with E-state index in [0.29, 0.717) is 6.04 Å². The molecule has 0 spiro atoms.